The van der Waals surface area contributed by atoms with Crippen molar-refractivity contribution in [3.8, 4) is 0 Å². The minimum Gasteiger partial charge on any atom is -0.480 e. The Balaban J connectivity index is 1.99. The van der Waals surface area contributed by atoms with Crippen LogP contribution in [-0.4, -0.2) is 314 Å². The maximum Gasteiger partial charge on any atom is 0.327 e. The highest BCUT2D eigenvalue weighted by atomic mass is 33.1. The molecule has 0 unspecified atom stereocenters. The quantitative estimate of drug-likeness (QED) is 0.0475. The van der Waals surface area contributed by atoms with E-state index in [0.29, 0.717) is 21.6 Å². The lowest BCUT2D eigenvalue weighted by molar-refractivity contribution is -0.144. The molecule has 0 spiro atoms. The van der Waals surface area contributed by atoms with Gasteiger partial charge in [-0.05, 0) is 62.9 Å². The topological polar surface area (TPSA) is 724 Å². The highest BCUT2D eigenvalue weighted by Crippen LogP contribution is 2.27. The van der Waals surface area contributed by atoms with Crippen LogP contribution in [0.15, 0.2) is 0 Å². The van der Waals surface area contributed by atoms with Gasteiger partial charge in [-0.25, -0.2) is 4.79 Å². The molecule has 4 aliphatic heterocycles. The number of fused-ring (bicyclic) bond motifs is 10. The number of carboxylic acids is 1. The number of aliphatic hydroxyl groups excluding tert-OH is 2. The van der Waals surface area contributed by atoms with Crippen LogP contribution in [-0.2, 0) is 101 Å². The van der Waals surface area contributed by atoms with Gasteiger partial charge in [0.25, 0.3) is 0 Å². The Hall–Kier alpha value is -9.50. The molecule has 115 heavy (non-hydrogen) atoms. The van der Waals surface area contributed by atoms with Crippen molar-refractivity contribution in [2.75, 3.05) is 67.9 Å². The summed E-state index contributed by atoms with van der Waals surface area (Å²) in [6, 6.07) is -28.1. The van der Waals surface area contributed by atoms with Gasteiger partial charge in [0.05, 0.1) is 45.4 Å². The molecule has 4 heterocycles. The number of rotatable bonds is 21. The van der Waals surface area contributed by atoms with Crippen molar-refractivity contribution in [1.29, 1.82) is 0 Å². The molecule has 0 aromatic heterocycles. The number of hydrogen-bond acceptors (Lipinski definition) is 29. The van der Waals surface area contributed by atoms with E-state index in [-0.39, 0.29) is 57.4 Å². The van der Waals surface area contributed by atoms with Crippen molar-refractivity contribution in [1.82, 2.24) is 84.2 Å². The molecule has 0 radical (unpaired) electrons. The lowest BCUT2D eigenvalue weighted by Crippen LogP contribution is -2.62. The summed E-state index contributed by atoms with van der Waals surface area (Å²) in [7, 11) is 2.77. The normalized spacial score (nSPS) is 27.9. The van der Waals surface area contributed by atoms with E-state index in [1.807, 2.05) is 0 Å². The molecule has 4 saturated heterocycles. The average Bonchev–Trinajstić information content (AvgIpc) is 1.73. The summed E-state index contributed by atoms with van der Waals surface area (Å²) in [5.41, 5.74) is 27.8. The Kier molecular flexibility index (Phi) is 41.0. The number of carboxylic acid groups (broad SMARTS) is 1. The highest BCUT2D eigenvalue weighted by Gasteiger charge is 2.45. The van der Waals surface area contributed by atoms with Gasteiger partial charge in [0.15, 0.2) is 0 Å². The number of aliphatic carboxylic acids is 1. The number of nitrogens with two attached hydrogens (primary N) is 5. The number of aliphatic hydroxyl groups is 2. The van der Waals surface area contributed by atoms with Crippen LogP contribution in [0.25, 0.3) is 0 Å². The zero-order valence-corrected chi connectivity index (χ0v) is 67.9. The summed E-state index contributed by atoms with van der Waals surface area (Å²) in [5.74, 6) is -28.7. The van der Waals surface area contributed by atoms with Crippen LogP contribution in [0.5, 0.6) is 0 Å². The maximum atomic E-state index is 14.9. The van der Waals surface area contributed by atoms with Gasteiger partial charge in [0.1, 0.15) is 96.7 Å². The van der Waals surface area contributed by atoms with Crippen molar-refractivity contribution in [3.05, 3.63) is 0 Å². The SMILES string of the molecule is CC[C@H](C)[C@@H]1NC(=O)[C@H](CC(N)=O)NC(=O)[C@@H]2CCCN2C(=O)[C@H](CC(N)=O)NC(=O)[C@H](CC(N)=O)NC(=O)[C@H](C(C)C)NC(=O)[C@H](CCSC)NC(=O)[C@@H]2CSSC[C@H](NC(=O)CNC(=O)[C@@H](N)CO)C(=O)N[C@@H](CSSC[C@@H](C(=O)O)NC1=O)C(=O)N[C@@H](CO)C(=O)N[C@@H](CC(N)=O)C(=O)N1CCC[C@H]1C(=O)N[C@@H](C)C(=O)N2. The lowest BCUT2D eigenvalue weighted by Gasteiger charge is -2.31. The van der Waals surface area contributed by atoms with Gasteiger partial charge in [0, 0.05) is 36.1 Å². The lowest BCUT2D eigenvalue weighted by atomic mass is 9.97. The summed E-state index contributed by atoms with van der Waals surface area (Å²) in [6.07, 6.45) is -2.25. The van der Waals surface area contributed by atoms with Gasteiger partial charge in [-0.15, -0.1) is 0 Å². The van der Waals surface area contributed by atoms with Gasteiger partial charge in [-0.1, -0.05) is 77.3 Å². The maximum absolute atomic E-state index is 14.9. The smallest absolute Gasteiger partial charge is 0.327 e. The number of thioether (sulfide) groups is 1. The first-order valence-corrected chi connectivity index (χ1v) is 42.7. The molecule has 0 saturated carbocycles. The molecule has 4 rings (SSSR count). The van der Waals surface area contributed by atoms with Crippen LogP contribution in [0.4, 0.5) is 0 Å². The molecule has 20 amide bonds. The molecular weight excluding hydrogens is 1620 g/mol. The average molecular weight is 1720 g/mol. The van der Waals surface area contributed by atoms with E-state index in [1.54, 1.807) is 13.2 Å². The molecule has 642 valence electrons. The number of amides is 20. The number of nitrogens with one attached hydrogen (secondary N) is 14. The van der Waals surface area contributed by atoms with Crippen molar-refractivity contribution in [2.24, 2.45) is 40.5 Å². The molecular formula is C65H103N21O24S5. The minimum atomic E-state index is -2.05. The van der Waals surface area contributed by atoms with Crippen LogP contribution in [0.3, 0.4) is 0 Å². The first-order chi connectivity index (χ1) is 54.2. The first-order valence-electron chi connectivity index (χ1n) is 36.3. The zero-order valence-electron chi connectivity index (χ0n) is 63.8. The van der Waals surface area contributed by atoms with Crippen LogP contribution < -0.4 is 103 Å². The van der Waals surface area contributed by atoms with Gasteiger partial charge < -0.3 is 128 Å². The molecule has 0 aliphatic carbocycles. The second-order valence-electron chi connectivity index (χ2n) is 27.5. The molecule has 0 aromatic carbocycles. The Morgan fingerprint density at radius 3 is 1.40 bits per heavy atom. The fourth-order valence-electron chi connectivity index (χ4n) is 11.7. The van der Waals surface area contributed by atoms with Crippen LogP contribution in [0, 0.1) is 11.8 Å². The molecule has 0 aromatic rings. The number of carbonyl (C=O) groups excluding carboxylic acids is 20. The third-order valence-electron chi connectivity index (χ3n) is 18.2. The van der Waals surface area contributed by atoms with Gasteiger partial charge >= 0.3 is 5.97 Å². The van der Waals surface area contributed by atoms with Crippen LogP contribution in [0.2, 0.25) is 0 Å². The van der Waals surface area contributed by atoms with Crippen molar-refractivity contribution < 1.29 is 116 Å². The fourth-order valence-corrected chi connectivity index (χ4v) is 16.8. The standard InChI is InChI=1S/C65H103N21O24S5/c1-7-28(4)49-62(106)82-40(65(109)110)26-115-114-25-39-58(102)79-36(22-88)55(99)78-35(19-46(70)92)64(108)85-13-8-10-41(85)59(103)72-29(5)50(94)80-38(24-113-112-23-37(56(100)81-39)73-47(93)20-71-51(95)30(66)21-87)57(101)74-31(12-15-111-6)52(96)83-48(27(2)3)61(105)76-32(16-43(67)89)53(97)77-34(18-45(69)91)63(107)86-14-9-11-42(86)60(104)75-33(17-44(68)90)54(98)84-49/h27-42,48-49,87-88H,7-26,66H2,1-6H3,(H2,67,89)(H2,68,90)(H2,69,91)(H2,70,92)(H,71,95)(H,72,103)(H,73,93)(H,74,101)(H,75,104)(H,76,105)(H,77,97)(H,78,99)(H,79,102)(H,80,94)(H,81,100)(H,82,106)(H,83,96)(H,84,98)(H,109,110)/t28-,29-,30-,31-,32-,33-,34-,35-,36-,37-,38-,39-,40-,41-,42-,48-,49-/m0/s1. The van der Waals surface area contributed by atoms with Crippen molar-refractivity contribution >= 4 is 179 Å². The summed E-state index contributed by atoms with van der Waals surface area (Å²) in [4.78, 5) is 294. The molecule has 2 bridgehead atoms. The molecule has 4 fully saturated rings. The Morgan fingerprint density at radius 2 is 0.922 bits per heavy atom. The van der Waals surface area contributed by atoms with Crippen molar-refractivity contribution in [2.45, 2.75) is 195 Å². The Morgan fingerprint density at radius 1 is 0.504 bits per heavy atom. The predicted octanol–water partition coefficient (Wildman–Crippen LogP) is -11.4. The third-order valence-corrected chi connectivity index (χ3v) is 23.7. The third kappa shape index (κ3) is 31.2. The molecule has 17 atom stereocenters. The van der Waals surface area contributed by atoms with Gasteiger partial charge in [-0.2, -0.15) is 11.8 Å². The van der Waals surface area contributed by atoms with E-state index in [9.17, 15) is 116 Å². The summed E-state index contributed by atoms with van der Waals surface area (Å²) >= 11 is 1.20. The van der Waals surface area contributed by atoms with Gasteiger partial charge in [0.2, 0.25) is 118 Å². The summed E-state index contributed by atoms with van der Waals surface area (Å²) in [5, 5.41) is 63.8. The minimum absolute atomic E-state index is 0.0504. The predicted molar refractivity (Wildman–Crippen MR) is 415 cm³/mol. The van der Waals surface area contributed by atoms with Crippen molar-refractivity contribution in [3.63, 3.8) is 0 Å². The van der Waals surface area contributed by atoms with E-state index >= 15 is 0 Å². The molecule has 27 N–H and O–H groups in total. The zero-order chi connectivity index (χ0) is 86.2. The number of nitrogens with zero attached hydrogens (tertiary/aromatic N) is 2. The van der Waals surface area contributed by atoms with Gasteiger partial charge in [-0.3, -0.25) is 95.9 Å². The second kappa shape index (κ2) is 48.1. The molecule has 50 heteroatoms. The van der Waals surface area contributed by atoms with E-state index in [4.69, 9.17) is 28.7 Å². The van der Waals surface area contributed by atoms with E-state index in [1.165, 1.54) is 39.5 Å². The Bertz CT molecular complexity index is 3610. The monoisotopic (exact) mass is 1720 g/mol. The van der Waals surface area contributed by atoms with E-state index in [2.05, 4.69) is 74.4 Å². The fraction of sp³-hybridized carbons (Fsp3) is 0.677. The van der Waals surface area contributed by atoms with Crippen LogP contribution >= 0.6 is 54.9 Å². The number of carbonyl (C=O) groups is 21. The largest absolute Gasteiger partial charge is 0.480 e. The molecule has 4 aliphatic rings. The Labute approximate surface area is 679 Å². The van der Waals surface area contributed by atoms with E-state index in [0.717, 1.165) is 31.4 Å². The number of primary amides is 4. The number of hydrogen-bond donors (Lipinski definition) is 22. The molecule has 45 nitrogen and oxygen atoms in total. The van der Waals surface area contributed by atoms with E-state index < -0.39 is 301 Å². The highest BCUT2D eigenvalue weighted by molar-refractivity contribution is 8.77. The second-order valence-corrected chi connectivity index (χ2v) is 33.6. The summed E-state index contributed by atoms with van der Waals surface area (Å²) in [6.45, 7) is 3.72. The first kappa shape index (κ1) is 97.9. The van der Waals surface area contributed by atoms with Crippen LogP contribution in [0.1, 0.15) is 98.8 Å². The summed E-state index contributed by atoms with van der Waals surface area (Å²) < 4.78 is 0.